The predicted octanol–water partition coefficient (Wildman–Crippen LogP) is 3.84. The van der Waals surface area contributed by atoms with E-state index in [0.717, 1.165) is 22.4 Å². The average Bonchev–Trinajstić information content (AvgIpc) is 3.16. The summed E-state index contributed by atoms with van der Waals surface area (Å²) < 4.78 is 14.5. The van der Waals surface area contributed by atoms with Crippen molar-refractivity contribution in [3.8, 4) is 16.9 Å². The standard InChI is InChI=1S/C21H23BN2O2/c1-20(2)21(3,4)26-22(25-20)18-15-24(17-13-9-6-10-14-17)23-19(18)16-11-7-5-8-12-16/h5-15H,1-4H3. The number of para-hydroxylation sites is 1. The first-order valence-electron chi connectivity index (χ1n) is 8.93. The lowest BCUT2D eigenvalue weighted by Gasteiger charge is -2.32. The number of rotatable bonds is 3. The van der Waals surface area contributed by atoms with Crippen molar-refractivity contribution in [3.05, 3.63) is 66.9 Å². The van der Waals surface area contributed by atoms with Crippen LogP contribution in [0.4, 0.5) is 0 Å². The van der Waals surface area contributed by atoms with Crippen molar-refractivity contribution in [2.45, 2.75) is 38.9 Å². The van der Waals surface area contributed by atoms with Crippen LogP contribution in [-0.2, 0) is 9.31 Å². The van der Waals surface area contributed by atoms with Crippen LogP contribution in [0.25, 0.3) is 16.9 Å². The molecule has 132 valence electrons. The van der Waals surface area contributed by atoms with Crippen molar-refractivity contribution in [2.75, 3.05) is 0 Å². The average molecular weight is 346 g/mol. The molecule has 5 heteroatoms. The molecule has 4 nitrogen and oxygen atoms in total. The Morgan fingerprint density at radius 1 is 0.808 bits per heavy atom. The van der Waals surface area contributed by atoms with E-state index < -0.39 is 7.12 Å². The van der Waals surface area contributed by atoms with Crippen LogP contribution in [0.5, 0.6) is 0 Å². The van der Waals surface area contributed by atoms with E-state index in [1.54, 1.807) is 0 Å². The van der Waals surface area contributed by atoms with Gasteiger partial charge in [-0.2, -0.15) is 5.10 Å². The molecule has 0 amide bonds. The fourth-order valence-electron chi connectivity index (χ4n) is 3.06. The van der Waals surface area contributed by atoms with E-state index in [1.165, 1.54) is 0 Å². The Hall–Kier alpha value is -2.37. The number of nitrogens with zero attached hydrogens (tertiary/aromatic N) is 2. The Balaban J connectivity index is 1.82. The second-order valence-corrected chi connectivity index (χ2v) is 7.67. The first-order valence-corrected chi connectivity index (χ1v) is 8.93. The highest BCUT2D eigenvalue weighted by molar-refractivity contribution is 6.63. The van der Waals surface area contributed by atoms with Gasteiger partial charge in [-0.25, -0.2) is 4.68 Å². The summed E-state index contributed by atoms with van der Waals surface area (Å²) >= 11 is 0. The Kier molecular flexibility index (Phi) is 4.01. The van der Waals surface area contributed by atoms with Crippen molar-refractivity contribution in [1.82, 2.24) is 9.78 Å². The van der Waals surface area contributed by atoms with Gasteiger partial charge in [0, 0.05) is 17.2 Å². The van der Waals surface area contributed by atoms with E-state index in [1.807, 2.05) is 59.4 Å². The van der Waals surface area contributed by atoms with Crippen LogP contribution >= 0.6 is 0 Å². The maximum absolute atomic E-state index is 6.29. The Morgan fingerprint density at radius 2 is 1.35 bits per heavy atom. The highest BCUT2D eigenvalue weighted by Gasteiger charge is 2.52. The van der Waals surface area contributed by atoms with Crippen LogP contribution in [0.3, 0.4) is 0 Å². The number of hydrogen-bond acceptors (Lipinski definition) is 3. The van der Waals surface area contributed by atoms with Crippen molar-refractivity contribution < 1.29 is 9.31 Å². The van der Waals surface area contributed by atoms with Crippen molar-refractivity contribution in [1.29, 1.82) is 0 Å². The summed E-state index contributed by atoms with van der Waals surface area (Å²) in [6.07, 6.45) is 2.01. The maximum Gasteiger partial charge on any atom is 0.498 e. The summed E-state index contributed by atoms with van der Waals surface area (Å²) in [7, 11) is -0.451. The second kappa shape index (κ2) is 6.11. The first-order chi connectivity index (χ1) is 12.4. The van der Waals surface area contributed by atoms with Crippen molar-refractivity contribution in [3.63, 3.8) is 0 Å². The lowest BCUT2D eigenvalue weighted by Crippen LogP contribution is -2.41. The molecular weight excluding hydrogens is 323 g/mol. The molecule has 26 heavy (non-hydrogen) atoms. The van der Waals surface area contributed by atoms with Gasteiger partial charge in [-0.1, -0.05) is 48.5 Å². The van der Waals surface area contributed by atoms with Crippen LogP contribution < -0.4 is 5.46 Å². The van der Waals surface area contributed by atoms with Gasteiger partial charge in [-0.15, -0.1) is 0 Å². The van der Waals surface area contributed by atoms with Crippen LogP contribution in [-0.4, -0.2) is 28.1 Å². The molecule has 1 saturated heterocycles. The minimum absolute atomic E-state index is 0.388. The zero-order valence-corrected chi connectivity index (χ0v) is 15.6. The molecule has 0 bridgehead atoms. The van der Waals surface area contributed by atoms with Gasteiger partial charge in [-0.05, 0) is 39.8 Å². The molecule has 2 aromatic carbocycles. The Morgan fingerprint density at radius 3 is 1.92 bits per heavy atom. The van der Waals surface area contributed by atoms with Crippen molar-refractivity contribution >= 4 is 12.6 Å². The summed E-state index contributed by atoms with van der Waals surface area (Å²) in [6, 6.07) is 20.3. The predicted molar refractivity (Wildman–Crippen MR) is 105 cm³/mol. The number of benzene rings is 2. The van der Waals surface area contributed by atoms with Gasteiger partial charge in [0.2, 0.25) is 0 Å². The molecule has 1 aromatic heterocycles. The summed E-state index contributed by atoms with van der Waals surface area (Å²) in [5, 5.41) is 4.85. The van der Waals surface area contributed by atoms with Crippen LogP contribution in [0.15, 0.2) is 66.9 Å². The molecule has 0 atom stereocenters. The smallest absolute Gasteiger partial charge is 0.399 e. The zero-order chi connectivity index (χ0) is 18.4. The lowest BCUT2D eigenvalue weighted by molar-refractivity contribution is 0.00578. The third kappa shape index (κ3) is 2.87. The van der Waals surface area contributed by atoms with Crippen LogP contribution in [0, 0.1) is 0 Å². The fourth-order valence-corrected chi connectivity index (χ4v) is 3.06. The summed E-state index contributed by atoms with van der Waals surface area (Å²) in [6.45, 7) is 8.27. The van der Waals surface area contributed by atoms with Crippen LogP contribution in [0.1, 0.15) is 27.7 Å². The third-order valence-corrected chi connectivity index (χ3v) is 5.32. The van der Waals surface area contributed by atoms with E-state index in [4.69, 9.17) is 14.4 Å². The number of hydrogen-bond donors (Lipinski definition) is 0. The molecule has 1 aliphatic rings. The quantitative estimate of drug-likeness (QED) is 0.676. The van der Waals surface area contributed by atoms with E-state index in [0.29, 0.717) is 0 Å². The first kappa shape index (κ1) is 17.1. The van der Waals surface area contributed by atoms with E-state index in [9.17, 15) is 0 Å². The molecule has 0 spiro atoms. The molecular formula is C21H23BN2O2. The highest BCUT2D eigenvalue weighted by atomic mass is 16.7. The van der Waals surface area contributed by atoms with Gasteiger partial charge in [0.05, 0.1) is 22.6 Å². The molecule has 3 aromatic rings. The van der Waals surface area contributed by atoms with Gasteiger partial charge in [-0.3, -0.25) is 0 Å². The zero-order valence-electron chi connectivity index (χ0n) is 15.6. The number of aromatic nitrogens is 2. The minimum Gasteiger partial charge on any atom is -0.399 e. The molecule has 0 unspecified atom stereocenters. The van der Waals surface area contributed by atoms with Crippen molar-refractivity contribution in [2.24, 2.45) is 0 Å². The summed E-state index contributed by atoms with van der Waals surface area (Å²) in [5.74, 6) is 0. The molecule has 2 heterocycles. The molecule has 0 N–H and O–H groups in total. The molecule has 1 fully saturated rings. The largest absolute Gasteiger partial charge is 0.498 e. The topological polar surface area (TPSA) is 36.3 Å². The summed E-state index contributed by atoms with van der Waals surface area (Å²) in [4.78, 5) is 0. The molecule has 4 rings (SSSR count). The second-order valence-electron chi connectivity index (χ2n) is 7.67. The van der Waals surface area contributed by atoms with Gasteiger partial charge >= 0.3 is 7.12 Å². The highest BCUT2D eigenvalue weighted by Crippen LogP contribution is 2.37. The fraction of sp³-hybridized carbons (Fsp3) is 0.286. The van der Waals surface area contributed by atoms with E-state index >= 15 is 0 Å². The van der Waals surface area contributed by atoms with Gasteiger partial charge < -0.3 is 9.31 Å². The van der Waals surface area contributed by atoms with E-state index in [2.05, 4.69) is 39.8 Å². The summed E-state index contributed by atoms with van der Waals surface area (Å²) in [5.41, 5.74) is 3.10. The van der Waals surface area contributed by atoms with Gasteiger partial charge in [0.1, 0.15) is 0 Å². The minimum atomic E-state index is -0.451. The Bertz CT molecular complexity index is 888. The van der Waals surface area contributed by atoms with Gasteiger partial charge in [0.25, 0.3) is 0 Å². The van der Waals surface area contributed by atoms with E-state index in [-0.39, 0.29) is 11.2 Å². The van der Waals surface area contributed by atoms with Crippen LogP contribution in [0.2, 0.25) is 0 Å². The maximum atomic E-state index is 6.29. The normalized spacial score (nSPS) is 18.2. The van der Waals surface area contributed by atoms with Gasteiger partial charge in [0.15, 0.2) is 0 Å². The lowest BCUT2D eigenvalue weighted by atomic mass is 9.78. The molecule has 0 saturated carbocycles. The third-order valence-electron chi connectivity index (χ3n) is 5.32. The molecule has 0 aliphatic carbocycles. The Labute approximate surface area is 154 Å². The SMILES string of the molecule is CC1(C)OB(c2cn(-c3ccccc3)nc2-c2ccccc2)OC1(C)C. The molecule has 1 aliphatic heterocycles. The monoisotopic (exact) mass is 346 g/mol. The molecule has 0 radical (unpaired) electrons.